The number of hydrogen-bond acceptors (Lipinski definition) is 9. The smallest absolute Gasteiger partial charge is 0.330 e. The molecule has 1 aromatic carbocycles. The Kier molecular flexibility index (Phi) is 8.74. The average molecular weight is 416 g/mol. The molecular weight excluding hydrogens is 391 g/mol. The van der Waals surface area contributed by atoms with E-state index < -0.39 is 42.2 Å². The van der Waals surface area contributed by atoms with Gasteiger partial charge in [0.05, 0.1) is 37.0 Å². The van der Waals surface area contributed by atoms with Crippen molar-refractivity contribution in [2.75, 3.05) is 14.2 Å². The van der Waals surface area contributed by atoms with Gasteiger partial charge in [0.25, 0.3) is 5.69 Å². The number of methoxy groups -OCH3 is 2. The van der Waals surface area contributed by atoms with Crippen molar-refractivity contribution in [2.24, 2.45) is 4.74 Å². The molecule has 0 aromatic heterocycles. The van der Waals surface area contributed by atoms with E-state index in [9.17, 15) is 19.7 Å². The van der Waals surface area contributed by atoms with Crippen LogP contribution in [0.3, 0.4) is 0 Å². The van der Waals surface area contributed by atoms with Crippen molar-refractivity contribution >= 4 is 30.8 Å². The maximum Gasteiger partial charge on any atom is 0.330 e. The van der Waals surface area contributed by atoms with Gasteiger partial charge in [0.1, 0.15) is 0 Å². The van der Waals surface area contributed by atoms with Gasteiger partial charge in [-0.1, -0.05) is 0 Å². The highest BCUT2D eigenvalue weighted by Crippen LogP contribution is 2.61. The number of nitrogens with zero attached hydrogens (tertiary/aromatic N) is 2. The first-order valence-electron chi connectivity index (χ1n) is 8.45. The number of carbonyl (C=O) groups is 2. The predicted octanol–water partition coefficient (Wildman–Crippen LogP) is 3.82. The lowest BCUT2D eigenvalue weighted by Gasteiger charge is -2.32. The van der Waals surface area contributed by atoms with Crippen LogP contribution in [0.25, 0.3) is 0 Å². The van der Waals surface area contributed by atoms with E-state index in [-0.39, 0.29) is 11.4 Å². The first-order chi connectivity index (χ1) is 13.1. The van der Waals surface area contributed by atoms with Crippen molar-refractivity contribution in [1.29, 1.82) is 0 Å². The first kappa shape index (κ1) is 23.7. The summed E-state index contributed by atoms with van der Waals surface area (Å²) in [7, 11) is -1.36. The maximum absolute atomic E-state index is 12.5. The number of rotatable bonds is 9. The average Bonchev–Trinajstić information content (AvgIpc) is 2.60. The van der Waals surface area contributed by atoms with E-state index in [0.717, 1.165) is 14.2 Å². The summed E-state index contributed by atoms with van der Waals surface area (Å²) in [4.78, 5) is 35.2. The third-order valence-electron chi connectivity index (χ3n) is 3.21. The van der Waals surface area contributed by atoms with Crippen molar-refractivity contribution in [1.82, 2.24) is 0 Å². The van der Waals surface area contributed by atoms with E-state index in [1.165, 1.54) is 24.3 Å². The van der Waals surface area contributed by atoms with Crippen LogP contribution in [0.2, 0.25) is 0 Å². The van der Waals surface area contributed by atoms with E-state index in [0.29, 0.717) is 0 Å². The fourth-order valence-corrected chi connectivity index (χ4v) is 5.15. The minimum Gasteiger partial charge on any atom is -0.468 e. The lowest BCUT2D eigenvalue weighted by Crippen LogP contribution is -2.35. The zero-order chi connectivity index (χ0) is 21.5. The van der Waals surface area contributed by atoms with Gasteiger partial charge in [-0.15, -0.1) is 0 Å². The molecule has 0 fully saturated rings. The fraction of sp³-hybridized carbons (Fsp3) is 0.529. The van der Waals surface area contributed by atoms with Crippen molar-refractivity contribution in [3.05, 3.63) is 34.4 Å². The van der Waals surface area contributed by atoms with Gasteiger partial charge in [0.2, 0.25) is 13.2 Å². The molecule has 0 aliphatic rings. The van der Waals surface area contributed by atoms with Gasteiger partial charge >= 0.3 is 11.9 Å². The van der Waals surface area contributed by atoms with Crippen LogP contribution in [-0.2, 0) is 28.1 Å². The second-order valence-corrected chi connectivity index (χ2v) is 8.46. The normalized spacial score (nSPS) is 11.6. The second kappa shape index (κ2) is 10.3. The molecule has 0 saturated carbocycles. The molecule has 28 heavy (non-hydrogen) atoms. The summed E-state index contributed by atoms with van der Waals surface area (Å²) in [6.45, 7) is 6.82. The minimum atomic E-state index is -3.62. The van der Waals surface area contributed by atoms with Crippen molar-refractivity contribution in [3.8, 4) is 0 Å². The number of ether oxygens (including phenoxy) is 2. The van der Waals surface area contributed by atoms with E-state index >= 15 is 0 Å². The standard InChI is InChI=1S/C17H25N2O8P/c1-11(2)26-28(27-12(3)4,15(16(20)24-5)17(21)25-6)18-13-7-9-14(10-8-13)19(22)23/h7-12,15H,1-6H3. The van der Waals surface area contributed by atoms with Crippen molar-refractivity contribution in [2.45, 2.75) is 45.6 Å². The fourth-order valence-electron chi connectivity index (χ4n) is 2.24. The third-order valence-corrected chi connectivity index (χ3v) is 6.25. The summed E-state index contributed by atoms with van der Waals surface area (Å²) >= 11 is 0. The molecule has 0 radical (unpaired) electrons. The summed E-state index contributed by atoms with van der Waals surface area (Å²) in [6.07, 6.45) is -0.906. The molecule has 0 spiro atoms. The molecule has 156 valence electrons. The van der Waals surface area contributed by atoms with Gasteiger partial charge in [-0.05, 0) is 39.8 Å². The van der Waals surface area contributed by atoms with Crippen LogP contribution in [0.5, 0.6) is 0 Å². The quantitative estimate of drug-likeness (QED) is 0.195. The molecule has 0 amide bonds. The lowest BCUT2D eigenvalue weighted by atomic mass is 10.3. The molecule has 1 aromatic rings. The highest BCUT2D eigenvalue weighted by atomic mass is 31.2. The van der Waals surface area contributed by atoms with Gasteiger partial charge in [0, 0.05) is 12.1 Å². The van der Waals surface area contributed by atoms with Gasteiger partial charge in [-0.3, -0.25) is 19.7 Å². The number of benzene rings is 1. The Labute approximate surface area is 163 Å². The topological polar surface area (TPSA) is 127 Å². The number of hydrogen-bond donors (Lipinski definition) is 0. The predicted molar refractivity (Wildman–Crippen MR) is 102 cm³/mol. The molecule has 1 rings (SSSR count). The number of nitro groups is 1. The number of non-ortho nitro benzene ring substituents is 1. The second-order valence-electron chi connectivity index (χ2n) is 6.19. The van der Waals surface area contributed by atoms with E-state index in [1.807, 2.05) is 0 Å². The Morgan fingerprint density at radius 1 is 0.964 bits per heavy atom. The van der Waals surface area contributed by atoms with Gasteiger partial charge in [0.15, 0.2) is 0 Å². The van der Waals surface area contributed by atoms with Crippen LogP contribution in [0.4, 0.5) is 11.4 Å². The zero-order valence-corrected chi connectivity index (χ0v) is 17.5. The highest BCUT2D eigenvalue weighted by molar-refractivity contribution is 7.59. The highest BCUT2D eigenvalue weighted by Gasteiger charge is 2.48. The number of carbonyl (C=O) groups excluding carboxylic acids is 2. The Bertz CT molecular complexity index is 731. The molecule has 0 aliphatic heterocycles. The Morgan fingerprint density at radius 3 is 1.71 bits per heavy atom. The molecule has 11 heteroatoms. The summed E-state index contributed by atoms with van der Waals surface area (Å²) in [5, 5.41) is 10.9. The molecule has 10 nitrogen and oxygen atoms in total. The number of esters is 2. The van der Waals surface area contributed by atoms with Gasteiger partial charge in [-0.25, -0.2) is 4.74 Å². The molecule has 0 atom stereocenters. The van der Waals surface area contributed by atoms with Gasteiger partial charge in [-0.2, -0.15) is 0 Å². The van der Waals surface area contributed by atoms with Crippen LogP contribution >= 0.6 is 7.51 Å². The molecule has 0 N–H and O–H groups in total. The number of nitro benzene ring substituents is 1. The summed E-state index contributed by atoms with van der Waals surface area (Å²) in [6, 6.07) is 5.27. The van der Waals surface area contributed by atoms with Crippen molar-refractivity contribution in [3.63, 3.8) is 0 Å². The van der Waals surface area contributed by atoms with Gasteiger partial charge < -0.3 is 18.5 Å². The van der Waals surface area contributed by atoms with E-state index in [1.54, 1.807) is 27.7 Å². The minimum absolute atomic E-state index is 0.130. The van der Waals surface area contributed by atoms with Crippen LogP contribution in [0.15, 0.2) is 29.0 Å². The summed E-state index contributed by atoms with van der Waals surface area (Å²) in [5.41, 5.74) is -1.45. The van der Waals surface area contributed by atoms with Crippen LogP contribution in [0.1, 0.15) is 27.7 Å². The first-order valence-corrected chi connectivity index (χ1v) is 10.1. The monoisotopic (exact) mass is 416 g/mol. The van der Waals surface area contributed by atoms with E-state index in [4.69, 9.17) is 18.5 Å². The Hall–Kier alpha value is -2.29. The Balaban J connectivity index is 3.73. The van der Waals surface area contributed by atoms with Crippen LogP contribution < -0.4 is 0 Å². The molecular formula is C17H25N2O8P. The zero-order valence-electron chi connectivity index (χ0n) is 16.6. The Morgan fingerprint density at radius 2 is 1.39 bits per heavy atom. The molecule has 0 unspecified atom stereocenters. The largest absolute Gasteiger partial charge is 0.468 e. The summed E-state index contributed by atoms with van der Waals surface area (Å²) < 4.78 is 25.8. The molecule has 0 saturated heterocycles. The van der Waals surface area contributed by atoms with E-state index in [2.05, 4.69) is 4.74 Å². The summed E-state index contributed by atoms with van der Waals surface area (Å²) in [5.74, 6) is -1.82. The third kappa shape index (κ3) is 6.12. The molecule has 0 bridgehead atoms. The van der Waals surface area contributed by atoms with Crippen LogP contribution in [0, 0.1) is 10.1 Å². The van der Waals surface area contributed by atoms with Crippen molar-refractivity contribution < 1.29 is 33.0 Å². The maximum atomic E-state index is 12.5. The molecule has 0 aliphatic carbocycles. The van der Waals surface area contributed by atoms with Crippen LogP contribution in [-0.4, -0.2) is 48.9 Å². The SMILES string of the molecule is COC(=O)C(C(=O)OC)P(=Nc1ccc([N+](=O)[O-])cc1)(OC(C)C)OC(C)C. The molecule has 0 heterocycles. The lowest BCUT2D eigenvalue weighted by molar-refractivity contribution is -0.384.